The van der Waals surface area contributed by atoms with Gasteiger partial charge in [-0.3, -0.25) is 9.59 Å². The Hall–Kier alpha value is -2.70. The SMILES string of the molecule is CC\C=C/C=C/C=C/C=C\C=C\C=C\CCCC(CC(=O)NC(CO)C(O)CCCCCCCCCCC)OC(=O)CCCCCCCCCCCCCCCCC. The molecule has 3 N–H and O–H groups in total. The summed E-state index contributed by atoms with van der Waals surface area (Å²) in [6.07, 6.45) is 56.8. The standard InChI is InChI=1S/C52H91NO5/c1-4-7-10-13-16-19-21-23-25-27-29-32-34-37-40-43-48(46-51(56)53-49(47-54)50(55)44-41-38-35-31-18-15-12-9-6-3)58-52(57)45-42-39-36-33-30-28-26-24-22-20-17-14-11-8-5-2/h7,10,13,16,19,21,23,25,27,29,32,34,48-50,54-55H,4-6,8-9,11-12,14-15,17-18,20,22,24,26,28,30-31,33,35-47H2,1-3H3,(H,53,56)/b10-7-,16-13+,21-19+,25-23-,29-27+,34-32+. The maximum Gasteiger partial charge on any atom is 0.306 e. The molecule has 0 aromatic carbocycles. The van der Waals surface area contributed by atoms with Crippen molar-refractivity contribution in [2.24, 2.45) is 0 Å². The fourth-order valence-electron chi connectivity index (χ4n) is 7.06. The van der Waals surface area contributed by atoms with Crippen LogP contribution in [0.15, 0.2) is 72.9 Å². The highest BCUT2D eigenvalue weighted by atomic mass is 16.5. The fraction of sp³-hybridized carbons (Fsp3) is 0.731. The number of carbonyl (C=O) groups is 2. The number of esters is 1. The Morgan fingerprint density at radius 3 is 1.38 bits per heavy atom. The van der Waals surface area contributed by atoms with E-state index >= 15 is 0 Å². The van der Waals surface area contributed by atoms with Crippen molar-refractivity contribution >= 4 is 11.9 Å². The minimum atomic E-state index is -0.807. The molecule has 0 aromatic heterocycles. The molecule has 0 fully saturated rings. The third-order valence-electron chi connectivity index (χ3n) is 10.7. The van der Waals surface area contributed by atoms with E-state index in [1.165, 1.54) is 116 Å². The number of hydrogen-bond donors (Lipinski definition) is 3. The van der Waals surface area contributed by atoms with E-state index in [1.54, 1.807) is 0 Å². The number of rotatable bonds is 42. The maximum atomic E-state index is 13.1. The molecule has 0 aromatic rings. The number of nitrogens with one attached hydrogen (secondary N) is 1. The molecule has 0 saturated carbocycles. The van der Waals surface area contributed by atoms with Gasteiger partial charge in [0.25, 0.3) is 0 Å². The smallest absolute Gasteiger partial charge is 0.306 e. The van der Waals surface area contributed by atoms with Gasteiger partial charge in [-0.2, -0.15) is 0 Å². The van der Waals surface area contributed by atoms with Gasteiger partial charge in [-0.05, 0) is 38.5 Å². The van der Waals surface area contributed by atoms with Gasteiger partial charge < -0.3 is 20.3 Å². The highest BCUT2D eigenvalue weighted by molar-refractivity contribution is 5.77. The molecule has 0 aliphatic rings. The predicted molar refractivity (Wildman–Crippen MR) is 250 cm³/mol. The van der Waals surface area contributed by atoms with E-state index in [0.717, 1.165) is 57.8 Å². The van der Waals surface area contributed by atoms with Crippen molar-refractivity contribution in [3.05, 3.63) is 72.9 Å². The monoisotopic (exact) mass is 810 g/mol. The summed E-state index contributed by atoms with van der Waals surface area (Å²) in [5.74, 6) is -0.550. The van der Waals surface area contributed by atoms with E-state index in [4.69, 9.17) is 4.74 Å². The second-order valence-corrected chi connectivity index (χ2v) is 16.3. The van der Waals surface area contributed by atoms with Crippen LogP contribution in [0.25, 0.3) is 0 Å². The van der Waals surface area contributed by atoms with Gasteiger partial charge in [0.15, 0.2) is 0 Å². The van der Waals surface area contributed by atoms with Crippen LogP contribution in [-0.4, -0.2) is 46.9 Å². The fourth-order valence-corrected chi connectivity index (χ4v) is 7.06. The molecular weight excluding hydrogens is 719 g/mol. The average molecular weight is 810 g/mol. The molecule has 0 bridgehead atoms. The quantitative estimate of drug-likeness (QED) is 0.0324. The van der Waals surface area contributed by atoms with Crippen molar-refractivity contribution in [3.8, 4) is 0 Å². The number of ether oxygens (including phenoxy) is 1. The summed E-state index contributed by atoms with van der Waals surface area (Å²) in [5, 5.41) is 23.6. The first-order chi connectivity index (χ1) is 28.5. The van der Waals surface area contributed by atoms with Gasteiger partial charge in [-0.25, -0.2) is 0 Å². The first kappa shape index (κ1) is 55.3. The molecule has 0 aliphatic carbocycles. The van der Waals surface area contributed by atoms with Gasteiger partial charge in [0.1, 0.15) is 6.10 Å². The average Bonchev–Trinajstić information content (AvgIpc) is 3.22. The first-order valence-corrected chi connectivity index (χ1v) is 24.2. The van der Waals surface area contributed by atoms with Crippen LogP contribution < -0.4 is 5.32 Å². The number of allylic oxidation sites excluding steroid dienone is 12. The molecule has 0 heterocycles. The molecule has 1 amide bonds. The van der Waals surface area contributed by atoms with Crippen LogP contribution in [0, 0.1) is 0 Å². The summed E-state index contributed by atoms with van der Waals surface area (Å²) >= 11 is 0. The molecule has 3 unspecified atom stereocenters. The lowest BCUT2D eigenvalue weighted by atomic mass is 10.0. The number of carbonyl (C=O) groups excluding carboxylic acids is 2. The zero-order valence-corrected chi connectivity index (χ0v) is 37.9. The van der Waals surface area contributed by atoms with E-state index in [1.807, 2.05) is 60.8 Å². The summed E-state index contributed by atoms with van der Waals surface area (Å²) in [7, 11) is 0. The van der Waals surface area contributed by atoms with Crippen LogP contribution in [0.2, 0.25) is 0 Å². The van der Waals surface area contributed by atoms with Gasteiger partial charge in [0.2, 0.25) is 5.91 Å². The van der Waals surface area contributed by atoms with E-state index in [-0.39, 0.29) is 24.9 Å². The molecule has 0 saturated heterocycles. The molecule has 334 valence electrons. The molecule has 0 aliphatic heterocycles. The number of amides is 1. The molecule has 0 radical (unpaired) electrons. The lowest BCUT2D eigenvalue weighted by molar-refractivity contribution is -0.151. The third-order valence-corrected chi connectivity index (χ3v) is 10.7. The van der Waals surface area contributed by atoms with Crippen molar-refractivity contribution in [1.29, 1.82) is 0 Å². The Labute approximate surface area is 358 Å². The normalized spacial score (nSPS) is 13.9. The number of aliphatic hydroxyl groups is 2. The highest BCUT2D eigenvalue weighted by Crippen LogP contribution is 2.17. The van der Waals surface area contributed by atoms with Crippen LogP contribution in [0.5, 0.6) is 0 Å². The molecule has 58 heavy (non-hydrogen) atoms. The summed E-state index contributed by atoms with van der Waals surface area (Å²) in [6.45, 7) is 6.29. The second kappa shape index (κ2) is 45.4. The van der Waals surface area contributed by atoms with Crippen molar-refractivity contribution in [2.75, 3.05) is 6.61 Å². The Bertz CT molecular complexity index is 1090. The van der Waals surface area contributed by atoms with Crippen molar-refractivity contribution in [2.45, 2.75) is 238 Å². The lowest BCUT2D eigenvalue weighted by Crippen LogP contribution is -2.46. The zero-order chi connectivity index (χ0) is 42.4. The van der Waals surface area contributed by atoms with Crippen molar-refractivity contribution in [1.82, 2.24) is 5.32 Å². The van der Waals surface area contributed by atoms with E-state index in [2.05, 4.69) is 38.2 Å². The van der Waals surface area contributed by atoms with Crippen LogP contribution in [0.1, 0.15) is 220 Å². The van der Waals surface area contributed by atoms with E-state index < -0.39 is 18.2 Å². The van der Waals surface area contributed by atoms with Crippen molar-refractivity contribution < 1.29 is 24.5 Å². The van der Waals surface area contributed by atoms with E-state index in [0.29, 0.717) is 19.3 Å². The molecular formula is C52H91NO5. The van der Waals surface area contributed by atoms with Gasteiger partial charge in [-0.1, -0.05) is 241 Å². The van der Waals surface area contributed by atoms with Gasteiger partial charge in [0, 0.05) is 6.42 Å². The van der Waals surface area contributed by atoms with Gasteiger partial charge in [0.05, 0.1) is 25.2 Å². The molecule has 0 spiro atoms. The topological polar surface area (TPSA) is 95.9 Å². The van der Waals surface area contributed by atoms with Crippen LogP contribution >= 0.6 is 0 Å². The second-order valence-electron chi connectivity index (χ2n) is 16.3. The number of hydrogen-bond acceptors (Lipinski definition) is 5. The summed E-state index contributed by atoms with van der Waals surface area (Å²) in [5.41, 5.74) is 0. The largest absolute Gasteiger partial charge is 0.462 e. The summed E-state index contributed by atoms with van der Waals surface area (Å²) in [6, 6.07) is -0.725. The molecule has 6 heteroatoms. The summed E-state index contributed by atoms with van der Waals surface area (Å²) in [4.78, 5) is 26.0. The molecule has 3 atom stereocenters. The highest BCUT2D eigenvalue weighted by Gasteiger charge is 2.24. The van der Waals surface area contributed by atoms with Crippen LogP contribution in [0.3, 0.4) is 0 Å². The Morgan fingerprint density at radius 2 is 0.931 bits per heavy atom. The zero-order valence-electron chi connectivity index (χ0n) is 37.9. The minimum absolute atomic E-state index is 0.0257. The van der Waals surface area contributed by atoms with Gasteiger partial charge >= 0.3 is 5.97 Å². The summed E-state index contributed by atoms with van der Waals surface area (Å²) < 4.78 is 5.88. The Morgan fingerprint density at radius 1 is 0.517 bits per heavy atom. The Kier molecular flexibility index (Phi) is 43.3. The maximum absolute atomic E-state index is 13.1. The molecule has 6 nitrogen and oxygen atoms in total. The van der Waals surface area contributed by atoms with Crippen LogP contribution in [-0.2, 0) is 14.3 Å². The van der Waals surface area contributed by atoms with Crippen LogP contribution in [0.4, 0.5) is 0 Å². The third kappa shape index (κ3) is 40.1. The van der Waals surface area contributed by atoms with Gasteiger partial charge in [-0.15, -0.1) is 0 Å². The Balaban J connectivity index is 4.73. The number of aliphatic hydroxyl groups excluding tert-OH is 2. The van der Waals surface area contributed by atoms with Crippen molar-refractivity contribution in [3.63, 3.8) is 0 Å². The lowest BCUT2D eigenvalue weighted by Gasteiger charge is -2.24. The predicted octanol–water partition coefficient (Wildman–Crippen LogP) is 14.2. The number of unbranched alkanes of at least 4 members (excludes halogenated alkanes) is 23. The molecule has 0 rings (SSSR count). The first-order valence-electron chi connectivity index (χ1n) is 24.2. The minimum Gasteiger partial charge on any atom is -0.462 e. The van der Waals surface area contributed by atoms with E-state index in [9.17, 15) is 19.8 Å².